The number of benzene rings is 1. The summed E-state index contributed by atoms with van der Waals surface area (Å²) in [5, 5.41) is 0. The van der Waals surface area contributed by atoms with Gasteiger partial charge in [-0.3, -0.25) is 0 Å². The van der Waals surface area contributed by atoms with Crippen molar-refractivity contribution >= 4 is 0 Å². The number of rotatable bonds is 4. The van der Waals surface area contributed by atoms with Gasteiger partial charge in [0.25, 0.3) is 0 Å². The van der Waals surface area contributed by atoms with Crippen LogP contribution in [0.2, 0.25) is 0 Å². The molecule has 1 aliphatic rings. The Morgan fingerprint density at radius 2 is 2.06 bits per heavy atom. The van der Waals surface area contributed by atoms with E-state index in [9.17, 15) is 0 Å². The predicted octanol–water partition coefficient (Wildman–Crippen LogP) is 2.95. The van der Waals surface area contributed by atoms with Gasteiger partial charge in [0, 0.05) is 6.54 Å². The van der Waals surface area contributed by atoms with Gasteiger partial charge in [-0.15, -0.1) is 0 Å². The smallest absolute Gasteiger partial charge is 0.00472 e. The molecule has 18 heavy (non-hydrogen) atoms. The average Bonchev–Trinajstić information content (AvgIpc) is 2.39. The Labute approximate surface area is 111 Å². The van der Waals surface area contributed by atoms with Gasteiger partial charge in [-0.2, -0.15) is 0 Å². The van der Waals surface area contributed by atoms with Gasteiger partial charge in [0.05, 0.1) is 0 Å². The van der Waals surface area contributed by atoms with E-state index < -0.39 is 0 Å². The highest BCUT2D eigenvalue weighted by Crippen LogP contribution is 2.28. The minimum Gasteiger partial charge on any atom is -0.330 e. The third-order valence-corrected chi connectivity index (χ3v) is 4.20. The fourth-order valence-corrected chi connectivity index (χ4v) is 2.95. The molecule has 2 nitrogen and oxygen atoms in total. The van der Waals surface area contributed by atoms with E-state index in [2.05, 4.69) is 43.1 Å². The molecule has 1 saturated heterocycles. The fourth-order valence-electron chi connectivity index (χ4n) is 2.95. The van der Waals surface area contributed by atoms with Crippen molar-refractivity contribution in [2.75, 3.05) is 26.7 Å². The largest absolute Gasteiger partial charge is 0.330 e. The first-order valence-corrected chi connectivity index (χ1v) is 7.19. The Morgan fingerprint density at radius 3 is 2.67 bits per heavy atom. The zero-order valence-corrected chi connectivity index (χ0v) is 11.7. The van der Waals surface area contributed by atoms with Crippen molar-refractivity contribution in [1.82, 2.24) is 4.90 Å². The molecular formula is C16H26N2. The molecule has 0 amide bonds. The van der Waals surface area contributed by atoms with Crippen LogP contribution in [-0.2, 0) is 0 Å². The standard InChI is InChI=1S/C16H26N2/c1-13(9-10-17)14-5-7-15(8-6-14)16-4-3-11-18(2)12-16/h5-8,13,16H,3-4,9-12,17H2,1-2H3. The normalized spacial score (nSPS) is 22.9. The van der Waals surface area contributed by atoms with Crippen molar-refractivity contribution in [3.8, 4) is 0 Å². The topological polar surface area (TPSA) is 29.3 Å². The second-order valence-corrected chi connectivity index (χ2v) is 5.75. The first kappa shape index (κ1) is 13.6. The zero-order chi connectivity index (χ0) is 13.0. The monoisotopic (exact) mass is 246 g/mol. The molecule has 1 aromatic rings. The van der Waals surface area contributed by atoms with Gasteiger partial charge in [-0.25, -0.2) is 0 Å². The van der Waals surface area contributed by atoms with Gasteiger partial charge in [0.1, 0.15) is 0 Å². The predicted molar refractivity (Wildman–Crippen MR) is 78.0 cm³/mol. The summed E-state index contributed by atoms with van der Waals surface area (Å²) in [5.74, 6) is 1.31. The van der Waals surface area contributed by atoms with Crippen molar-refractivity contribution in [1.29, 1.82) is 0 Å². The highest BCUT2D eigenvalue weighted by molar-refractivity contribution is 5.28. The van der Waals surface area contributed by atoms with Gasteiger partial charge in [-0.05, 0) is 62.4 Å². The molecule has 0 radical (unpaired) electrons. The van der Waals surface area contributed by atoms with Crippen molar-refractivity contribution in [2.24, 2.45) is 5.73 Å². The second kappa shape index (κ2) is 6.35. The summed E-state index contributed by atoms with van der Waals surface area (Å²) in [6.45, 7) is 5.49. The first-order chi connectivity index (χ1) is 8.70. The maximum atomic E-state index is 5.62. The summed E-state index contributed by atoms with van der Waals surface area (Å²) in [6, 6.07) is 9.24. The van der Waals surface area contributed by atoms with Crippen molar-refractivity contribution < 1.29 is 0 Å². The third kappa shape index (κ3) is 3.33. The van der Waals surface area contributed by atoms with E-state index in [-0.39, 0.29) is 0 Å². The lowest BCUT2D eigenvalue weighted by molar-refractivity contribution is 0.251. The third-order valence-electron chi connectivity index (χ3n) is 4.20. The SMILES string of the molecule is CC(CCN)c1ccc(C2CCCN(C)C2)cc1. The Bertz CT molecular complexity index is 358. The van der Waals surface area contributed by atoms with Gasteiger partial charge in [0.15, 0.2) is 0 Å². The molecule has 1 fully saturated rings. The molecule has 2 unspecified atom stereocenters. The Morgan fingerprint density at radius 1 is 1.33 bits per heavy atom. The molecule has 2 rings (SSSR count). The Hall–Kier alpha value is -0.860. The number of hydrogen-bond donors (Lipinski definition) is 1. The Balaban J connectivity index is 2.02. The summed E-state index contributed by atoms with van der Waals surface area (Å²) in [6.07, 6.45) is 3.74. The second-order valence-electron chi connectivity index (χ2n) is 5.75. The van der Waals surface area contributed by atoms with E-state index in [1.165, 1.54) is 37.1 Å². The summed E-state index contributed by atoms with van der Waals surface area (Å²) in [4.78, 5) is 2.44. The van der Waals surface area contributed by atoms with Crippen LogP contribution in [0.1, 0.15) is 49.1 Å². The first-order valence-electron chi connectivity index (χ1n) is 7.19. The fraction of sp³-hybridized carbons (Fsp3) is 0.625. The van der Waals surface area contributed by atoms with Crippen molar-refractivity contribution in [2.45, 2.75) is 38.0 Å². The van der Waals surface area contributed by atoms with Crippen LogP contribution in [0, 0.1) is 0 Å². The van der Waals surface area contributed by atoms with Crippen LogP contribution in [0.4, 0.5) is 0 Å². The summed E-state index contributed by atoms with van der Waals surface area (Å²) < 4.78 is 0. The molecule has 2 atom stereocenters. The van der Waals surface area contributed by atoms with Gasteiger partial charge in [0.2, 0.25) is 0 Å². The number of piperidine rings is 1. The van der Waals surface area contributed by atoms with Crippen LogP contribution in [0.3, 0.4) is 0 Å². The number of hydrogen-bond acceptors (Lipinski definition) is 2. The molecule has 0 spiro atoms. The Kier molecular flexibility index (Phi) is 4.79. The molecule has 0 aliphatic carbocycles. The van der Waals surface area contributed by atoms with Crippen LogP contribution in [-0.4, -0.2) is 31.6 Å². The lowest BCUT2D eigenvalue weighted by Gasteiger charge is -2.30. The molecular weight excluding hydrogens is 220 g/mol. The maximum Gasteiger partial charge on any atom is 0.00472 e. The number of nitrogens with two attached hydrogens (primary N) is 1. The minimum atomic E-state index is 0.582. The number of likely N-dealkylation sites (tertiary alicyclic amines) is 1. The van der Waals surface area contributed by atoms with Crippen LogP contribution in [0.5, 0.6) is 0 Å². The summed E-state index contributed by atoms with van der Waals surface area (Å²) in [7, 11) is 2.23. The molecule has 0 aromatic heterocycles. The van der Waals surface area contributed by atoms with Crippen LogP contribution in [0.15, 0.2) is 24.3 Å². The lowest BCUT2D eigenvalue weighted by atomic mass is 9.88. The molecule has 1 aromatic carbocycles. The number of nitrogens with zero attached hydrogens (tertiary/aromatic N) is 1. The van der Waals surface area contributed by atoms with Gasteiger partial charge < -0.3 is 10.6 Å². The highest BCUT2D eigenvalue weighted by Gasteiger charge is 2.18. The summed E-state index contributed by atoms with van der Waals surface area (Å²) >= 11 is 0. The molecule has 0 bridgehead atoms. The molecule has 1 heterocycles. The van der Waals surface area contributed by atoms with Crippen LogP contribution in [0.25, 0.3) is 0 Å². The molecule has 100 valence electrons. The number of likely N-dealkylation sites (N-methyl/N-ethyl adjacent to an activating group) is 1. The quantitative estimate of drug-likeness (QED) is 0.885. The van der Waals surface area contributed by atoms with Crippen LogP contribution < -0.4 is 5.73 Å². The molecule has 0 saturated carbocycles. The van der Waals surface area contributed by atoms with E-state index in [0.717, 1.165) is 18.9 Å². The van der Waals surface area contributed by atoms with E-state index in [0.29, 0.717) is 5.92 Å². The van der Waals surface area contributed by atoms with Crippen molar-refractivity contribution in [3.05, 3.63) is 35.4 Å². The summed E-state index contributed by atoms with van der Waals surface area (Å²) in [5.41, 5.74) is 8.55. The van der Waals surface area contributed by atoms with Crippen LogP contribution >= 0.6 is 0 Å². The van der Waals surface area contributed by atoms with Crippen molar-refractivity contribution in [3.63, 3.8) is 0 Å². The van der Waals surface area contributed by atoms with E-state index >= 15 is 0 Å². The zero-order valence-electron chi connectivity index (χ0n) is 11.7. The van der Waals surface area contributed by atoms with E-state index in [4.69, 9.17) is 5.73 Å². The average molecular weight is 246 g/mol. The maximum absolute atomic E-state index is 5.62. The molecule has 2 heteroatoms. The lowest BCUT2D eigenvalue weighted by Crippen LogP contribution is -2.30. The molecule has 1 aliphatic heterocycles. The van der Waals surface area contributed by atoms with Gasteiger partial charge >= 0.3 is 0 Å². The minimum absolute atomic E-state index is 0.582. The van der Waals surface area contributed by atoms with E-state index in [1.807, 2.05) is 0 Å². The highest BCUT2D eigenvalue weighted by atomic mass is 15.1. The molecule has 2 N–H and O–H groups in total. The van der Waals surface area contributed by atoms with E-state index in [1.54, 1.807) is 0 Å². The van der Waals surface area contributed by atoms with Gasteiger partial charge in [-0.1, -0.05) is 31.2 Å².